The van der Waals surface area contributed by atoms with Crippen LogP contribution < -0.4 is 20.1 Å². The van der Waals surface area contributed by atoms with Gasteiger partial charge in [-0.25, -0.2) is 4.98 Å². The standard InChI is InChI=1S/C24H21N3O4S2/c1-30-19-13-18(26-23(29)15-8-4-3-5-9-15)20(31-2)12-17(19)25-22(28)14-32-24-27-16-10-6-7-11-21(16)33-24/h3-13H,14H2,1-2H3,(H,25,28)(H,26,29). The highest BCUT2D eigenvalue weighted by molar-refractivity contribution is 8.01. The van der Waals surface area contributed by atoms with Crippen molar-refractivity contribution in [2.24, 2.45) is 0 Å². The third kappa shape index (κ3) is 5.44. The van der Waals surface area contributed by atoms with Crippen molar-refractivity contribution in [1.82, 2.24) is 4.98 Å². The summed E-state index contributed by atoms with van der Waals surface area (Å²) >= 11 is 2.92. The van der Waals surface area contributed by atoms with Gasteiger partial charge >= 0.3 is 0 Å². The summed E-state index contributed by atoms with van der Waals surface area (Å²) in [5.41, 5.74) is 2.32. The van der Waals surface area contributed by atoms with Gasteiger partial charge in [0.05, 0.1) is 41.6 Å². The molecule has 0 radical (unpaired) electrons. The van der Waals surface area contributed by atoms with Gasteiger partial charge in [0.15, 0.2) is 4.34 Å². The second kappa shape index (κ2) is 10.4. The quantitative estimate of drug-likeness (QED) is 0.334. The average Bonchev–Trinajstić information content (AvgIpc) is 3.27. The first-order valence-electron chi connectivity index (χ1n) is 9.98. The monoisotopic (exact) mass is 479 g/mol. The van der Waals surface area contributed by atoms with E-state index in [2.05, 4.69) is 15.6 Å². The zero-order valence-electron chi connectivity index (χ0n) is 18.0. The number of aromatic nitrogens is 1. The molecule has 9 heteroatoms. The van der Waals surface area contributed by atoms with Crippen LogP contribution in [0.25, 0.3) is 10.2 Å². The molecule has 0 atom stereocenters. The van der Waals surface area contributed by atoms with Crippen LogP contribution in [-0.2, 0) is 4.79 Å². The lowest BCUT2D eigenvalue weighted by atomic mass is 10.2. The molecule has 3 aromatic carbocycles. The van der Waals surface area contributed by atoms with Crippen LogP contribution in [0.4, 0.5) is 11.4 Å². The molecule has 1 aromatic heterocycles. The van der Waals surface area contributed by atoms with E-state index >= 15 is 0 Å². The second-order valence-electron chi connectivity index (χ2n) is 6.86. The molecule has 0 aliphatic carbocycles. The van der Waals surface area contributed by atoms with Gasteiger partial charge in [-0.3, -0.25) is 9.59 Å². The maximum Gasteiger partial charge on any atom is 0.255 e. The fourth-order valence-electron chi connectivity index (χ4n) is 3.10. The van der Waals surface area contributed by atoms with Crippen molar-refractivity contribution in [3.63, 3.8) is 0 Å². The number of nitrogens with zero attached hydrogens (tertiary/aromatic N) is 1. The van der Waals surface area contributed by atoms with Crippen LogP contribution in [0, 0.1) is 0 Å². The van der Waals surface area contributed by atoms with Gasteiger partial charge in [0.25, 0.3) is 5.91 Å². The zero-order chi connectivity index (χ0) is 23.2. The number of methoxy groups -OCH3 is 2. The van der Waals surface area contributed by atoms with Crippen molar-refractivity contribution < 1.29 is 19.1 Å². The van der Waals surface area contributed by atoms with Gasteiger partial charge in [-0.15, -0.1) is 11.3 Å². The highest BCUT2D eigenvalue weighted by Crippen LogP contribution is 2.37. The molecule has 4 rings (SSSR count). The Morgan fingerprint density at radius 3 is 2.21 bits per heavy atom. The summed E-state index contributed by atoms with van der Waals surface area (Å²) in [7, 11) is 2.99. The van der Waals surface area contributed by atoms with Crippen molar-refractivity contribution in [3.8, 4) is 11.5 Å². The number of thioether (sulfide) groups is 1. The van der Waals surface area contributed by atoms with E-state index in [4.69, 9.17) is 9.47 Å². The molecule has 4 aromatic rings. The SMILES string of the molecule is COc1cc(NC(=O)c2ccccc2)c(OC)cc1NC(=O)CSc1nc2ccccc2s1. The van der Waals surface area contributed by atoms with E-state index in [1.165, 1.54) is 26.0 Å². The molecule has 0 unspecified atom stereocenters. The lowest BCUT2D eigenvalue weighted by Crippen LogP contribution is -2.16. The summed E-state index contributed by atoms with van der Waals surface area (Å²) < 4.78 is 12.8. The molecule has 0 fully saturated rings. The van der Waals surface area contributed by atoms with Crippen LogP contribution >= 0.6 is 23.1 Å². The summed E-state index contributed by atoms with van der Waals surface area (Å²) in [5, 5.41) is 5.68. The molecule has 0 aliphatic heterocycles. The Hall–Kier alpha value is -3.56. The maximum atomic E-state index is 12.6. The first kappa shape index (κ1) is 22.6. The fraction of sp³-hybridized carbons (Fsp3) is 0.125. The minimum Gasteiger partial charge on any atom is -0.494 e. The Labute approximate surface area is 199 Å². The van der Waals surface area contributed by atoms with Crippen LogP contribution in [0.3, 0.4) is 0 Å². The molecular formula is C24H21N3O4S2. The third-order valence-electron chi connectivity index (χ3n) is 4.68. The average molecular weight is 480 g/mol. The molecule has 168 valence electrons. The molecular weight excluding hydrogens is 458 g/mol. The van der Waals surface area contributed by atoms with Crippen LogP contribution in [0.1, 0.15) is 10.4 Å². The number of hydrogen-bond acceptors (Lipinski definition) is 7. The smallest absolute Gasteiger partial charge is 0.255 e. The Balaban J connectivity index is 1.46. The number of rotatable bonds is 8. The number of amides is 2. The topological polar surface area (TPSA) is 89.5 Å². The number of ether oxygens (including phenoxy) is 2. The lowest BCUT2D eigenvalue weighted by molar-refractivity contribution is -0.113. The molecule has 0 saturated heterocycles. The third-order valence-corrected chi connectivity index (χ3v) is 6.86. The number of anilines is 2. The second-order valence-corrected chi connectivity index (χ2v) is 9.11. The Morgan fingerprint density at radius 2 is 1.55 bits per heavy atom. The van der Waals surface area contributed by atoms with Gasteiger partial charge < -0.3 is 20.1 Å². The van der Waals surface area contributed by atoms with Crippen molar-refractivity contribution >= 4 is 56.5 Å². The first-order chi connectivity index (χ1) is 16.1. The molecule has 7 nitrogen and oxygen atoms in total. The van der Waals surface area contributed by atoms with Crippen molar-refractivity contribution in [1.29, 1.82) is 0 Å². The molecule has 0 saturated carbocycles. The first-order valence-corrected chi connectivity index (χ1v) is 11.8. The molecule has 1 heterocycles. The van der Waals surface area contributed by atoms with Gasteiger partial charge in [-0.1, -0.05) is 42.1 Å². The van der Waals surface area contributed by atoms with Crippen LogP contribution in [0.5, 0.6) is 11.5 Å². The number of benzene rings is 3. The number of fused-ring (bicyclic) bond motifs is 1. The van der Waals surface area contributed by atoms with Gasteiger partial charge in [-0.05, 0) is 24.3 Å². The van der Waals surface area contributed by atoms with E-state index in [9.17, 15) is 9.59 Å². The number of nitrogens with one attached hydrogen (secondary N) is 2. The lowest BCUT2D eigenvalue weighted by Gasteiger charge is -2.16. The van der Waals surface area contributed by atoms with Crippen molar-refractivity contribution in [2.75, 3.05) is 30.6 Å². The van der Waals surface area contributed by atoms with E-state index in [-0.39, 0.29) is 17.6 Å². The largest absolute Gasteiger partial charge is 0.494 e. The minimum atomic E-state index is -0.278. The molecule has 2 N–H and O–H groups in total. The van der Waals surface area contributed by atoms with E-state index in [0.29, 0.717) is 28.4 Å². The number of carbonyl (C=O) groups is 2. The molecule has 2 amide bonds. The summed E-state index contributed by atoms with van der Waals surface area (Å²) in [6.45, 7) is 0. The zero-order valence-corrected chi connectivity index (χ0v) is 19.6. The van der Waals surface area contributed by atoms with E-state index < -0.39 is 0 Å². The van der Waals surface area contributed by atoms with E-state index in [0.717, 1.165) is 14.6 Å². The van der Waals surface area contributed by atoms with Gasteiger partial charge in [-0.2, -0.15) is 0 Å². The van der Waals surface area contributed by atoms with Gasteiger partial charge in [0.1, 0.15) is 11.5 Å². The van der Waals surface area contributed by atoms with Crippen molar-refractivity contribution in [3.05, 3.63) is 72.3 Å². The highest BCUT2D eigenvalue weighted by Gasteiger charge is 2.17. The predicted octanol–water partition coefficient (Wildman–Crippen LogP) is 5.30. The maximum absolute atomic E-state index is 12.6. The van der Waals surface area contributed by atoms with Crippen LogP contribution in [-0.4, -0.2) is 36.8 Å². The van der Waals surface area contributed by atoms with Crippen LogP contribution in [0.2, 0.25) is 0 Å². The number of hydrogen-bond donors (Lipinski definition) is 2. The van der Waals surface area contributed by atoms with E-state index in [1.807, 2.05) is 30.3 Å². The normalized spacial score (nSPS) is 10.6. The molecule has 0 aliphatic rings. The summed E-state index contributed by atoms with van der Waals surface area (Å²) in [5.74, 6) is 0.505. The van der Waals surface area contributed by atoms with Gasteiger partial charge in [0, 0.05) is 17.7 Å². The predicted molar refractivity (Wildman–Crippen MR) is 133 cm³/mol. The van der Waals surface area contributed by atoms with E-state index in [1.54, 1.807) is 47.7 Å². The molecule has 0 bridgehead atoms. The number of para-hydroxylation sites is 1. The molecule has 0 spiro atoms. The summed E-state index contributed by atoms with van der Waals surface area (Å²) in [4.78, 5) is 29.7. The van der Waals surface area contributed by atoms with Gasteiger partial charge in [0.2, 0.25) is 5.91 Å². The number of thiazole rings is 1. The Bertz CT molecular complexity index is 1260. The van der Waals surface area contributed by atoms with Crippen LogP contribution in [0.15, 0.2) is 71.1 Å². The number of carbonyl (C=O) groups excluding carboxylic acids is 2. The summed E-state index contributed by atoms with van der Waals surface area (Å²) in [6.07, 6.45) is 0. The summed E-state index contributed by atoms with van der Waals surface area (Å²) in [6, 6.07) is 20.0. The minimum absolute atomic E-state index is 0.192. The van der Waals surface area contributed by atoms with Crippen molar-refractivity contribution in [2.45, 2.75) is 4.34 Å². The fourth-order valence-corrected chi connectivity index (χ4v) is 4.97. The molecule has 33 heavy (non-hydrogen) atoms. The Morgan fingerprint density at radius 1 is 0.909 bits per heavy atom. The Kier molecular flexibility index (Phi) is 7.11. The highest BCUT2D eigenvalue weighted by atomic mass is 32.2.